The Balaban J connectivity index is 1.78. The Morgan fingerprint density at radius 1 is 1.36 bits per heavy atom. The summed E-state index contributed by atoms with van der Waals surface area (Å²) < 4.78 is 2.81. The topological polar surface area (TPSA) is 74.6 Å². The van der Waals surface area contributed by atoms with Gasteiger partial charge in [0.1, 0.15) is 5.69 Å². The Morgan fingerprint density at radius 3 is 2.82 bits per heavy atom. The highest BCUT2D eigenvalue weighted by Crippen LogP contribution is 2.23. The van der Waals surface area contributed by atoms with Crippen LogP contribution >= 0.6 is 15.9 Å². The predicted molar refractivity (Wildman–Crippen MR) is 86.1 cm³/mol. The van der Waals surface area contributed by atoms with Crippen LogP contribution < -0.4 is 5.32 Å². The van der Waals surface area contributed by atoms with Crippen molar-refractivity contribution < 1.29 is 14.7 Å². The molecule has 1 aromatic carbocycles. The van der Waals surface area contributed by atoms with E-state index in [1.165, 1.54) is 4.90 Å². The van der Waals surface area contributed by atoms with Gasteiger partial charge in [0, 0.05) is 41.6 Å². The first-order valence-electron chi connectivity index (χ1n) is 6.99. The van der Waals surface area contributed by atoms with Gasteiger partial charge in [-0.05, 0) is 24.6 Å². The van der Waals surface area contributed by atoms with Crippen LogP contribution in [0, 0.1) is 0 Å². The van der Waals surface area contributed by atoms with Gasteiger partial charge in [-0.1, -0.05) is 22.0 Å². The van der Waals surface area contributed by atoms with Crippen molar-refractivity contribution in [3.05, 3.63) is 34.4 Å². The summed E-state index contributed by atoms with van der Waals surface area (Å²) in [7, 11) is 1.85. The highest BCUT2D eigenvalue weighted by atomic mass is 79.9. The fourth-order valence-corrected chi connectivity index (χ4v) is 3.18. The van der Waals surface area contributed by atoms with Crippen molar-refractivity contribution in [1.82, 2.24) is 14.8 Å². The van der Waals surface area contributed by atoms with E-state index in [4.69, 9.17) is 5.11 Å². The van der Waals surface area contributed by atoms with Crippen LogP contribution in [0.2, 0.25) is 0 Å². The molecular weight excluding hydrogens is 350 g/mol. The number of carboxylic acid groups (broad SMARTS) is 1. The number of amides is 2. The molecule has 2 heterocycles. The summed E-state index contributed by atoms with van der Waals surface area (Å²) in [5.41, 5.74) is 1.54. The zero-order valence-electron chi connectivity index (χ0n) is 12.0. The van der Waals surface area contributed by atoms with Crippen molar-refractivity contribution in [2.24, 2.45) is 7.05 Å². The zero-order valence-corrected chi connectivity index (χ0v) is 13.6. The summed E-state index contributed by atoms with van der Waals surface area (Å²) in [6.07, 6.45) is -0.292. The maximum Gasteiger partial charge on any atom is 0.407 e. The first kappa shape index (κ1) is 14.9. The van der Waals surface area contributed by atoms with Crippen molar-refractivity contribution in [1.29, 1.82) is 0 Å². The van der Waals surface area contributed by atoms with E-state index < -0.39 is 6.09 Å². The van der Waals surface area contributed by atoms with Gasteiger partial charge in [0.05, 0.1) is 0 Å². The molecule has 0 radical (unpaired) electrons. The van der Waals surface area contributed by atoms with Gasteiger partial charge >= 0.3 is 6.09 Å². The molecule has 1 aliphatic rings. The van der Waals surface area contributed by atoms with Gasteiger partial charge in [0.15, 0.2) is 0 Å². The summed E-state index contributed by atoms with van der Waals surface area (Å²) >= 11 is 3.43. The Kier molecular flexibility index (Phi) is 3.82. The van der Waals surface area contributed by atoms with E-state index in [9.17, 15) is 9.59 Å². The quantitative estimate of drug-likeness (QED) is 0.857. The zero-order chi connectivity index (χ0) is 15.9. The molecule has 116 valence electrons. The number of likely N-dealkylation sites (tertiary alicyclic amines) is 1. The second kappa shape index (κ2) is 5.64. The molecule has 1 saturated heterocycles. The first-order chi connectivity index (χ1) is 10.5. The van der Waals surface area contributed by atoms with E-state index in [2.05, 4.69) is 21.2 Å². The van der Waals surface area contributed by atoms with E-state index in [1.807, 2.05) is 35.9 Å². The molecule has 2 amide bonds. The number of nitrogens with one attached hydrogen (secondary N) is 1. The van der Waals surface area contributed by atoms with E-state index in [0.29, 0.717) is 25.2 Å². The summed E-state index contributed by atoms with van der Waals surface area (Å²) in [5.74, 6) is -0.174. The number of aromatic nitrogens is 1. The number of hydrogen-bond acceptors (Lipinski definition) is 2. The molecule has 1 atom stereocenters. The molecule has 0 aliphatic carbocycles. The minimum atomic E-state index is -0.939. The molecule has 0 saturated carbocycles. The lowest BCUT2D eigenvalue weighted by molar-refractivity contribution is 0.0928. The van der Waals surface area contributed by atoms with Crippen molar-refractivity contribution in [3.63, 3.8) is 0 Å². The van der Waals surface area contributed by atoms with Crippen LogP contribution in [-0.4, -0.2) is 45.7 Å². The molecule has 3 rings (SSSR count). The lowest BCUT2D eigenvalue weighted by Crippen LogP contribution is -2.38. The third-order valence-electron chi connectivity index (χ3n) is 4.03. The van der Waals surface area contributed by atoms with Gasteiger partial charge in [-0.2, -0.15) is 0 Å². The lowest BCUT2D eigenvalue weighted by Gasteiger charge is -2.14. The van der Waals surface area contributed by atoms with Crippen molar-refractivity contribution >= 4 is 38.8 Å². The van der Waals surface area contributed by atoms with Gasteiger partial charge in [0.2, 0.25) is 0 Å². The minimum absolute atomic E-state index is 0.131. The fraction of sp³-hybridized carbons (Fsp3) is 0.333. The van der Waals surface area contributed by atoms with Crippen LogP contribution in [0.15, 0.2) is 28.7 Å². The fourth-order valence-electron chi connectivity index (χ4n) is 2.83. The van der Waals surface area contributed by atoms with Gasteiger partial charge in [-0.25, -0.2) is 4.79 Å². The van der Waals surface area contributed by atoms with Gasteiger partial charge in [-0.3, -0.25) is 4.79 Å². The van der Waals surface area contributed by atoms with E-state index >= 15 is 0 Å². The first-order valence-corrected chi connectivity index (χ1v) is 7.78. The largest absolute Gasteiger partial charge is 0.465 e. The maximum atomic E-state index is 12.4. The number of carbonyl (C=O) groups is 2. The molecule has 7 heteroatoms. The molecule has 1 aliphatic heterocycles. The Bertz CT molecular complexity index is 756. The number of rotatable bonds is 2. The molecule has 2 N–H and O–H groups in total. The SMILES string of the molecule is Cn1c(C(=O)NC2CCN(C(=O)O)C2)cc2ccc(Br)cc21. The summed E-state index contributed by atoms with van der Waals surface area (Å²) in [5, 5.41) is 12.9. The Labute approximate surface area is 135 Å². The number of fused-ring (bicyclic) bond motifs is 1. The van der Waals surface area contributed by atoms with E-state index in [0.717, 1.165) is 15.4 Å². The van der Waals surface area contributed by atoms with Crippen LogP contribution in [0.4, 0.5) is 4.79 Å². The molecule has 1 fully saturated rings. The average Bonchev–Trinajstić information content (AvgIpc) is 3.05. The van der Waals surface area contributed by atoms with Gasteiger partial charge < -0.3 is 19.9 Å². The third kappa shape index (κ3) is 2.68. The Morgan fingerprint density at radius 2 is 2.14 bits per heavy atom. The second-order valence-electron chi connectivity index (χ2n) is 5.48. The maximum absolute atomic E-state index is 12.4. The Hall–Kier alpha value is -2.02. The number of aryl methyl sites for hydroxylation is 1. The number of halogens is 1. The summed E-state index contributed by atoms with van der Waals surface area (Å²) in [6, 6.07) is 7.58. The predicted octanol–water partition coefficient (Wildman–Crippen LogP) is 2.42. The standard InChI is InChI=1S/C15H16BrN3O3/c1-18-12-7-10(16)3-2-9(12)6-13(18)14(20)17-11-4-5-19(8-11)15(21)22/h2-3,6-7,11H,4-5,8H2,1H3,(H,17,20)(H,21,22). The van der Waals surface area contributed by atoms with Crippen LogP contribution in [-0.2, 0) is 7.05 Å². The summed E-state index contributed by atoms with van der Waals surface area (Å²) in [6.45, 7) is 0.804. The molecule has 0 bridgehead atoms. The minimum Gasteiger partial charge on any atom is -0.465 e. The van der Waals surface area contributed by atoms with E-state index in [-0.39, 0.29) is 11.9 Å². The van der Waals surface area contributed by atoms with Crippen molar-refractivity contribution in [2.45, 2.75) is 12.5 Å². The average molecular weight is 366 g/mol. The molecule has 6 nitrogen and oxygen atoms in total. The van der Waals surface area contributed by atoms with Crippen LogP contribution in [0.25, 0.3) is 10.9 Å². The molecule has 22 heavy (non-hydrogen) atoms. The van der Waals surface area contributed by atoms with Crippen LogP contribution in [0.5, 0.6) is 0 Å². The normalized spacial score (nSPS) is 17.9. The molecule has 0 spiro atoms. The summed E-state index contributed by atoms with van der Waals surface area (Å²) in [4.78, 5) is 24.7. The van der Waals surface area contributed by atoms with Gasteiger partial charge in [0.25, 0.3) is 5.91 Å². The molecule has 2 aromatic rings. The molecular formula is C15H16BrN3O3. The molecule has 1 aromatic heterocycles. The van der Waals surface area contributed by atoms with Crippen molar-refractivity contribution in [3.8, 4) is 0 Å². The number of carbonyl (C=O) groups excluding carboxylic acids is 1. The number of benzene rings is 1. The van der Waals surface area contributed by atoms with Crippen LogP contribution in [0.1, 0.15) is 16.9 Å². The van der Waals surface area contributed by atoms with Gasteiger partial charge in [-0.15, -0.1) is 0 Å². The smallest absolute Gasteiger partial charge is 0.407 e. The third-order valence-corrected chi connectivity index (χ3v) is 4.53. The second-order valence-corrected chi connectivity index (χ2v) is 6.40. The van der Waals surface area contributed by atoms with Crippen LogP contribution in [0.3, 0.4) is 0 Å². The lowest BCUT2D eigenvalue weighted by atomic mass is 10.2. The highest BCUT2D eigenvalue weighted by molar-refractivity contribution is 9.10. The van der Waals surface area contributed by atoms with Crippen molar-refractivity contribution in [2.75, 3.05) is 13.1 Å². The monoisotopic (exact) mass is 365 g/mol. The van der Waals surface area contributed by atoms with E-state index in [1.54, 1.807) is 0 Å². The highest BCUT2D eigenvalue weighted by Gasteiger charge is 2.27. The number of hydrogen-bond donors (Lipinski definition) is 2. The molecule has 1 unspecified atom stereocenters. The number of nitrogens with zero attached hydrogens (tertiary/aromatic N) is 2.